The normalized spacial score (nSPS) is 20.4. The zero-order valence-electron chi connectivity index (χ0n) is 18.2. The zero-order chi connectivity index (χ0) is 22.4. The van der Waals surface area contributed by atoms with Crippen molar-refractivity contribution in [2.45, 2.75) is 56.7 Å². The molecule has 8 heteroatoms. The molecule has 2 aliphatic rings. The molecule has 32 heavy (non-hydrogen) atoms. The number of nitrogens with one attached hydrogen (secondary N) is 2. The van der Waals surface area contributed by atoms with Crippen LogP contribution in [0.15, 0.2) is 47.2 Å². The number of esters is 1. The lowest BCUT2D eigenvalue weighted by molar-refractivity contribution is -0.181. The number of piperidine rings is 1. The van der Waals surface area contributed by atoms with E-state index in [9.17, 15) is 14.7 Å². The average molecular weight is 442 g/mol. The Labute approximate surface area is 187 Å². The van der Waals surface area contributed by atoms with Crippen LogP contribution in [0, 0.1) is 11.8 Å². The maximum Gasteiger partial charge on any atom is 0.343 e. The van der Waals surface area contributed by atoms with Gasteiger partial charge in [-0.2, -0.15) is 0 Å². The first-order valence-corrected chi connectivity index (χ1v) is 11.5. The van der Waals surface area contributed by atoms with E-state index in [4.69, 9.17) is 9.26 Å². The molecule has 1 saturated carbocycles. The van der Waals surface area contributed by atoms with Gasteiger partial charge in [-0.3, -0.25) is 4.79 Å². The van der Waals surface area contributed by atoms with Crippen molar-refractivity contribution < 1.29 is 24.0 Å². The maximum atomic E-state index is 13.5. The van der Waals surface area contributed by atoms with E-state index in [2.05, 4.69) is 15.8 Å². The number of amides is 1. The summed E-state index contributed by atoms with van der Waals surface area (Å²) in [4.78, 5) is 26.5. The third kappa shape index (κ3) is 5.02. The summed E-state index contributed by atoms with van der Waals surface area (Å²) in [6.07, 6.45) is 5.92. The van der Waals surface area contributed by atoms with E-state index in [1.807, 2.05) is 6.07 Å². The molecule has 2 fully saturated rings. The number of hydrogen-bond donors (Lipinski definition) is 3. The van der Waals surface area contributed by atoms with Crippen molar-refractivity contribution in [3.63, 3.8) is 0 Å². The van der Waals surface area contributed by atoms with E-state index in [1.165, 1.54) is 12.3 Å². The summed E-state index contributed by atoms with van der Waals surface area (Å²) >= 11 is 0. The van der Waals surface area contributed by atoms with E-state index in [0.29, 0.717) is 12.0 Å². The first-order chi connectivity index (χ1) is 15.6. The number of anilines is 1. The molecule has 1 aliphatic carbocycles. The number of hydrogen-bond acceptors (Lipinski definition) is 7. The first-order valence-electron chi connectivity index (χ1n) is 11.5. The molecule has 3 N–H and O–H groups in total. The minimum absolute atomic E-state index is 0.240. The molecule has 1 aromatic heterocycles. The largest absolute Gasteiger partial charge is 0.450 e. The second-order valence-corrected chi connectivity index (χ2v) is 8.81. The third-order valence-electron chi connectivity index (χ3n) is 6.71. The number of carbonyl (C=O) groups is 2. The Balaban J connectivity index is 1.56. The maximum absolute atomic E-state index is 13.5. The summed E-state index contributed by atoms with van der Waals surface area (Å²) in [6, 6.07) is 10.5. The Morgan fingerprint density at radius 3 is 2.53 bits per heavy atom. The summed E-state index contributed by atoms with van der Waals surface area (Å²) in [6.45, 7) is 1.73. The number of nitrogens with zero attached hydrogens (tertiary/aromatic N) is 1. The smallest absolute Gasteiger partial charge is 0.343 e. The van der Waals surface area contributed by atoms with Crippen LogP contribution in [0.1, 0.15) is 50.5 Å². The van der Waals surface area contributed by atoms with Gasteiger partial charge < -0.3 is 25.0 Å². The highest BCUT2D eigenvalue weighted by atomic mass is 16.6. The van der Waals surface area contributed by atoms with E-state index >= 15 is 0 Å². The van der Waals surface area contributed by atoms with Crippen LogP contribution < -0.4 is 10.6 Å². The van der Waals surface area contributed by atoms with Crippen molar-refractivity contribution in [2.24, 2.45) is 11.8 Å². The van der Waals surface area contributed by atoms with Crippen LogP contribution >= 0.6 is 0 Å². The molecule has 1 aliphatic heterocycles. The van der Waals surface area contributed by atoms with Gasteiger partial charge in [-0.1, -0.05) is 48.3 Å². The molecular formula is C24H31N3O5. The SMILES string of the molecule is O=C(Nc1ccon1)C(CC1CCNCC1)OC(=O)C(O)(c1ccccc1)C1CCCC1. The summed E-state index contributed by atoms with van der Waals surface area (Å²) in [5.41, 5.74) is -1.27. The fraction of sp³-hybridized carbons (Fsp3) is 0.542. The second-order valence-electron chi connectivity index (χ2n) is 8.81. The number of aliphatic hydroxyl groups is 1. The van der Waals surface area contributed by atoms with Gasteiger partial charge in [-0.05, 0) is 56.7 Å². The molecule has 2 atom stereocenters. The molecule has 2 unspecified atom stereocenters. The molecule has 1 aromatic carbocycles. The van der Waals surface area contributed by atoms with Crippen molar-refractivity contribution in [1.29, 1.82) is 0 Å². The van der Waals surface area contributed by atoms with Gasteiger partial charge in [-0.25, -0.2) is 4.79 Å². The van der Waals surface area contributed by atoms with Crippen molar-refractivity contribution in [3.8, 4) is 0 Å². The molecule has 1 amide bonds. The van der Waals surface area contributed by atoms with Crippen LogP contribution in [-0.2, 0) is 19.9 Å². The zero-order valence-corrected chi connectivity index (χ0v) is 18.2. The highest BCUT2D eigenvalue weighted by Gasteiger charge is 2.49. The minimum atomic E-state index is -1.78. The van der Waals surface area contributed by atoms with Gasteiger partial charge >= 0.3 is 5.97 Å². The first kappa shape index (κ1) is 22.5. The van der Waals surface area contributed by atoms with Gasteiger partial charge in [0, 0.05) is 12.0 Å². The molecule has 0 bridgehead atoms. The summed E-state index contributed by atoms with van der Waals surface area (Å²) < 4.78 is 10.6. The molecule has 8 nitrogen and oxygen atoms in total. The molecule has 0 radical (unpaired) electrons. The highest BCUT2D eigenvalue weighted by Crippen LogP contribution is 2.42. The monoisotopic (exact) mass is 441 g/mol. The fourth-order valence-electron chi connectivity index (χ4n) is 4.89. The Kier molecular flexibility index (Phi) is 7.22. The molecule has 172 valence electrons. The summed E-state index contributed by atoms with van der Waals surface area (Å²) in [5.74, 6) is -0.961. The van der Waals surface area contributed by atoms with Crippen LogP contribution in [0.2, 0.25) is 0 Å². The predicted molar refractivity (Wildman–Crippen MR) is 118 cm³/mol. The third-order valence-corrected chi connectivity index (χ3v) is 6.71. The standard InChI is InChI=1S/C24H31N3O5/c28-22(26-21-12-15-31-27-21)20(16-17-10-13-25-14-11-17)32-23(29)24(30,19-8-4-5-9-19)18-6-2-1-3-7-18/h1-3,6-7,12,15,17,19-20,25,30H,4-5,8-11,13-14,16H2,(H,26,27,28). The lowest BCUT2D eigenvalue weighted by Crippen LogP contribution is -2.47. The summed E-state index contributed by atoms with van der Waals surface area (Å²) in [5, 5.41) is 21.4. The Morgan fingerprint density at radius 2 is 1.88 bits per heavy atom. The van der Waals surface area contributed by atoms with Crippen LogP contribution in [0.25, 0.3) is 0 Å². The Bertz CT molecular complexity index is 876. The fourth-order valence-corrected chi connectivity index (χ4v) is 4.89. The van der Waals surface area contributed by atoms with Gasteiger partial charge in [0.15, 0.2) is 17.5 Å². The van der Waals surface area contributed by atoms with Gasteiger partial charge in [0.05, 0.1) is 0 Å². The number of ether oxygens (including phenoxy) is 1. The number of rotatable bonds is 8. The molecule has 4 rings (SSSR count). The van der Waals surface area contributed by atoms with E-state index in [1.54, 1.807) is 24.3 Å². The van der Waals surface area contributed by atoms with E-state index in [-0.39, 0.29) is 17.7 Å². The topological polar surface area (TPSA) is 114 Å². The summed E-state index contributed by atoms with van der Waals surface area (Å²) in [7, 11) is 0. The molecular weight excluding hydrogens is 410 g/mol. The molecule has 0 spiro atoms. The molecule has 2 aromatic rings. The highest BCUT2D eigenvalue weighted by molar-refractivity contribution is 5.95. The quantitative estimate of drug-likeness (QED) is 0.540. The van der Waals surface area contributed by atoms with Gasteiger partial charge in [0.25, 0.3) is 5.91 Å². The van der Waals surface area contributed by atoms with Crippen molar-refractivity contribution in [2.75, 3.05) is 18.4 Å². The Hall–Kier alpha value is -2.71. The van der Waals surface area contributed by atoms with E-state index in [0.717, 1.165) is 51.6 Å². The van der Waals surface area contributed by atoms with Crippen LogP contribution in [-0.4, -0.2) is 41.3 Å². The lowest BCUT2D eigenvalue weighted by atomic mass is 9.80. The van der Waals surface area contributed by atoms with Gasteiger partial charge in [-0.15, -0.1) is 0 Å². The van der Waals surface area contributed by atoms with Crippen molar-refractivity contribution in [1.82, 2.24) is 10.5 Å². The molecule has 2 heterocycles. The lowest BCUT2D eigenvalue weighted by Gasteiger charge is -2.34. The minimum Gasteiger partial charge on any atom is -0.450 e. The second kappa shape index (κ2) is 10.3. The number of benzene rings is 1. The number of carbonyl (C=O) groups excluding carboxylic acids is 2. The van der Waals surface area contributed by atoms with Gasteiger partial charge in [0.2, 0.25) is 0 Å². The van der Waals surface area contributed by atoms with E-state index < -0.39 is 23.6 Å². The Morgan fingerprint density at radius 1 is 1.16 bits per heavy atom. The van der Waals surface area contributed by atoms with Gasteiger partial charge in [0.1, 0.15) is 6.26 Å². The van der Waals surface area contributed by atoms with Crippen molar-refractivity contribution in [3.05, 3.63) is 48.2 Å². The molecule has 1 saturated heterocycles. The van der Waals surface area contributed by atoms with Crippen LogP contribution in [0.4, 0.5) is 5.82 Å². The average Bonchev–Trinajstić information content (AvgIpc) is 3.54. The van der Waals surface area contributed by atoms with Crippen LogP contribution in [0.3, 0.4) is 0 Å². The van der Waals surface area contributed by atoms with Crippen LogP contribution in [0.5, 0.6) is 0 Å². The van der Waals surface area contributed by atoms with Crippen molar-refractivity contribution >= 4 is 17.7 Å². The number of aromatic nitrogens is 1. The predicted octanol–water partition coefficient (Wildman–Crippen LogP) is 2.99.